The fourth-order valence-electron chi connectivity index (χ4n) is 2.07. The number of esters is 1. The number of ether oxygens (including phenoxy) is 1. The van der Waals surface area contributed by atoms with Gasteiger partial charge in [-0.2, -0.15) is 10.4 Å². The van der Waals surface area contributed by atoms with Crippen LogP contribution in [0.2, 0.25) is 0 Å². The van der Waals surface area contributed by atoms with Gasteiger partial charge >= 0.3 is 5.97 Å². The Balaban J connectivity index is 1.98. The summed E-state index contributed by atoms with van der Waals surface area (Å²) in [6.45, 7) is 2.12. The van der Waals surface area contributed by atoms with Gasteiger partial charge < -0.3 is 9.64 Å². The van der Waals surface area contributed by atoms with E-state index in [1.807, 2.05) is 31.1 Å². The average Bonchev–Trinajstić information content (AvgIpc) is 3.01. The molecule has 1 aromatic heterocycles. The number of hydrogen-bond donors (Lipinski definition) is 1. The van der Waals surface area contributed by atoms with E-state index in [0.717, 1.165) is 11.3 Å². The summed E-state index contributed by atoms with van der Waals surface area (Å²) in [6, 6.07) is 7.71. The summed E-state index contributed by atoms with van der Waals surface area (Å²) in [5.74, 6) is -0.298. The van der Waals surface area contributed by atoms with Gasteiger partial charge in [-0.15, -0.1) is 11.3 Å². The third kappa shape index (κ3) is 5.29. The number of aromatic nitrogens is 1. The lowest BCUT2D eigenvalue weighted by Gasteiger charge is -2.14. The van der Waals surface area contributed by atoms with E-state index in [1.54, 1.807) is 24.6 Å². The highest BCUT2D eigenvalue weighted by molar-refractivity contribution is 7.13. The van der Waals surface area contributed by atoms with E-state index in [2.05, 4.69) is 21.6 Å². The molecule has 0 amide bonds. The number of hydrogen-bond acceptors (Lipinski definition) is 8. The number of nitrogens with one attached hydrogen (secondary N) is 1. The van der Waals surface area contributed by atoms with E-state index in [-0.39, 0.29) is 12.4 Å². The molecule has 0 bridgehead atoms. The Morgan fingerprint density at radius 1 is 1.52 bits per heavy atom. The predicted molar refractivity (Wildman–Crippen MR) is 99.2 cm³/mol. The highest BCUT2D eigenvalue weighted by Gasteiger charge is 2.08. The molecule has 2 aromatic rings. The van der Waals surface area contributed by atoms with Crippen molar-refractivity contribution in [1.82, 2.24) is 4.98 Å². The number of carbonyl (C=O) groups excluding carboxylic acids is 1. The second-order valence-corrected chi connectivity index (χ2v) is 6.14. The van der Waals surface area contributed by atoms with Crippen molar-refractivity contribution >= 4 is 34.3 Å². The molecule has 0 spiro atoms. The highest BCUT2D eigenvalue weighted by atomic mass is 32.1. The molecule has 0 radical (unpaired) electrons. The average molecular weight is 357 g/mol. The number of hydrazone groups is 1. The lowest BCUT2D eigenvalue weighted by atomic mass is 10.1. The molecule has 0 saturated heterocycles. The number of nitriles is 1. The second kappa shape index (κ2) is 8.80. The molecule has 7 nitrogen and oxygen atoms in total. The van der Waals surface area contributed by atoms with Crippen LogP contribution in [0.15, 0.2) is 28.7 Å². The van der Waals surface area contributed by atoms with Crippen molar-refractivity contribution in [1.29, 1.82) is 5.26 Å². The Morgan fingerprint density at radius 3 is 3.00 bits per heavy atom. The first-order valence-corrected chi connectivity index (χ1v) is 8.52. The molecule has 1 heterocycles. The zero-order chi connectivity index (χ0) is 18.2. The Morgan fingerprint density at radius 2 is 2.32 bits per heavy atom. The van der Waals surface area contributed by atoms with E-state index in [9.17, 15) is 10.1 Å². The molecule has 25 heavy (non-hydrogen) atoms. The molecule has 0 aliphatic carbocycles. The molecular formula is C17H19N5O2S. The molecule has 0 aliphatic rings. The second-order valence-electron chi connectivity index (χ2n) is 5.28. The van der Waals surface area contributed by atoms with E-state index in [1.165, 1.54) is 11.3 Å². The van der Waals surface area contributed by atoms with E-state index in [4.69, 9.17) is 4.74 Å². The van der Waals surface area contributed by atoms with Crippen LogP contribution in [0.3, 0.4) is 0 Å². The minimum atomic E-state index is -0.298. The normalized spacial score (nSPS) is 10.5. The molecule has 1 aromatic carbocycles. The monoisotopic (exact) mass is 357 g/mol. The molecule has 0 unspecified atom stereocenters. The molecule has 8 heteroatoms. The minimum absolute atomic E-state index is 0.146. The third-order valence-electron chi connectivity index (χ3n) is 3.18. The van der Waals surface area contributed by atoms with Crippen LogP contribution < -0.4 is 10.3 Å². The maximum Gasteiger partial charge on any atom is 0.311 e. The zero-order valence-corrected chi connectivity index (χ0v) is 15.1. The third-order valence-corrected chi connectivity index (χ3v) is 3.97. The maximum atomic E-state index is 11.4. The predicted octanol–water partition coefficient (Wildman–Crippen LogP) is 2.63. The molecule has 0 atom stereocenters. The van der Waals surface area contributed by atoms with E-state index < -0.39 is 0 Å². The summed E-state index contributed by atoms with van der Waals surface area (Å²) in [5.41, 5.74) is 5.71. The van der Waals surface area contributed by atoms with Gasteiger partial charge in [0.25, 0.3) is 0 Å². The highest BCUT2D eigenvalue weighted by Crippen LogP contribution is 2.19. The van der Waals surface area contributed by atoms with Crippen molar-refractivity contribution in [3.63, 3.8) is 0 Å². The summed E-state index contributed by atoms with van der Waals surface area (Å²) in [6.07, 6.45) is 1.76. The Kier molecular flexibility index (Phi) is 6.48. The van der Waals surface area contributed by atoms with Gasteiger partial charge in [0, 0.05) is 19.5 Å². The minimum Gasteiger partial charge on any atom is -0.466 e. The van der Waals surface area contributed by atoms with Crippen molar-refractivity contribution < 1.29 is 9.53 Å². The molecular weight excluding hydrogens is 338 g/mol. The summed E-state index contributed by atoms with van der Waals surface area (Å²) in [7, 11) is 3.78. The smallest absolute Gasteiger partial charge is 0.311 e. The number of benzene rings is 1. The Hall–Kier alpha value is -2.92. The van der Waals surface area contributed by atoms with Gasteiger partial charge in [0.15, 0.2) is 0 Å². The summed E-state index contributed by atoms with van der Waals surface area (Å²) in [4.78, 5) is 17.6. The van der Waals surface area contributed by atoms with Gasteiger partial charge in [-0.1, -0.05) is 6.07 Å². The van der Waals surface area contributed by atoms with Crippen molar-refractivity contribution in [2.24, 2.45) is 5.10 Å². The molecule has 0 aliphatic heterocycles. The van der Waals surface area contributed by atoms with Crippen LogP contribution in [0.1, 0.15) is 23.7 Å². The van der Waals surface area contributed by atoms with Crippen LogP contribution in [-0.2, 0) is 16.0 Å². The fraction of sp³-hybridized carbons (Fsp3) is 0.294. The first kappa shape index (κ1) is 18.4. The van der Waals surface area contributed by atoms with Crippen LogP contribution in [0.25, 0.3) is 0 Å². The quantitative estimate of drug-likeness (QED) is 0.465. The van der Waals surface area contributed by atoms with Gasteiger partial charge in [0.1, 0.15) is 6.07 Å². The van der Waals surface area contributed by atoms with E-state index >= 15 is 0 Å². The Labute approximate surface area is 150 Å². The number of anilines is 2. The number of rotatable bonds is 7. The van der Waals surface area contributed by atoms with Gasteiger partial charge in [-0.3, -0.25) is 10.2 Å². The van der Waals surface area contributed by atoms with Crippen LogP contribution >= 0.6 is 11.3 Å². The molecule has 130 valence electrons. The zero-order valence-electron chi connectivity index (χ0n) is 14.3. The molecule has 0 fully saturated rings. The summed E-state index contributed by atoms with van der Waals surface area (Å²) >= 11 is 1.36. The lowest BCUT2D eigenvalue weighted by Crippen LogP contribution is -2.10. The maximum absolute atomic E-state index is 11.4. The van der Waals surface area contributed by atoms with Gasteiger partial charge in [0.2, 0.25) is 5.13 Å². The van der Waals surface area contributed by atoms with Crippen LogP contribution in [0.4, 0.5) is 10.8 Å². The van der Waals surface area contributed by atoms with Crippen molar-refractivity contribution in [3.8, 4) is 6.07 Å². The Bertz CT molecular complexity index is 808. The van der Waals surface area contributed by atoms with Crippen molar-refractivity contribution in [3.05, 3.63) is 40.4 Å². The number of nitrogens with zero attached hydrogens (tertiary/aromatic N) is 4. The molecule has 0 saturated carbocycles. The first-order chi connectivity index (χ1) is 12.0. The van der Waals surface area contributed by atoms with Gasteiger partial charge in [-0.05, 0) is 24.6 Å². The van der Waals surface area contributed by atoms with Crippen molar-refractivity contribution in [2.75, 3.05) is 31.0 Å². The van der Waals surface area contributed by atoms with Gasteiger partial charge in [-0.25, -0.2) is 4.98 Å². The van der Waals surface area contributed by atoms with E-state index in [0.29, 0.717) is 23.0 Å². The van der Waals surface area contributed by atoms with Gasteiger partial charge in [0.05, 0.1) is 36.2 Å². The SMILES string of the molecule is CCOC(=O)Cc1csc(NN=Cc2ccc(N(C)C)c(C#N)c2)n1. The summed E-state index contributed by atoms with van der Waals surface area (Å²) in [5, 5.41) is 15.7. The van der Waals surface area contributed by atoms with Crippen LogP contribution in [-0.4, -0.2) is 37.9 Å². The molecule has 1 N–H and O–H groups in total. The number of thiazole rings is 1. The largest absolute Gasteiger partial charge is 0.466 e. The van der Waals surface area contributed by atoms with Crippen LogP contribution in [0.5, 0.6) is 0 Å². The van der Waals surface area contributed by atoms with Crippen LogP contribution in [0, 0.1) is 11.3 Å². The topological polar surface area (TPSA) is 90.6 Å². The van der Waals surface area contributed by atoms with Crippen molar-refractivity contribution in [2.45, 2.75) is 13.3 Å². The summed E-state index contributed by atoms with van der Waals surface area (Å²) < 4.78 is 4.89. The standard InChI is InChI=1S/C17H19N5O2S/c1-4-24-16(23)8-14-11-25-17(20-14)21-19-10-12-5-6-15(22(2)3)13(7-12)9-18/h5-7,10-11H,4,8H2,1-3H3,(H,20,21). The lowest BCUT2D eigenvalue weighted by molar-refractivity contribution is -0.142. The fourth-order valence-corrected chi connectivity index (χ4v) is 2.73. The molecule has 2 rings (SSSR count). The first-order valence-electron chi connectivity index (χ1n) is 7.64. The number of carbonyl (C=O) groups is 1.